The number of benzene rings is 2. The fourth-order valence-electron chi connectivity index (χ4n) is 5.02. The molecule has 2 N–H and O–H groups in total. The lowest BCUT2D eigenvalue weighted by Crippen LogP contribution is -2.21. The number of nitrogens with one attached hydrogen (secondary N) is 2. The predicted octanol–water partition coefficient (Wildman–Crippen LogP) is 5.46. The summed E-state index contributed by atoms with van der Waals surface area (Å²) >= 11 is 0. The zero-order valence-electron chi connectivity index (χ0n) is 21.2. The van der Waals surface area contributed by atoms with Crippen molar-refractivity contribution in [2.24, 2.45) is 0 Å². The van der Waals surface area contributed by atoms with Crippen molar-refractivity contribution in [1.29, 1.82) is 0 Å². The van der Waals surface area contributed by atoms with Crippen molar-refractivity contribution in [1.82, 2.24) is 25.6 Å². The molecule has 0 bridgehead atoms. The molecule has 192 valence electrons. The third-order valence-corrected chi connectivity index (χ3v) is 6.88. The van der Waals surface area contributed by atoms with Crippen molar-refractivity contribution in [2.75, 3.05) is 20.3 Å². The molecule has 9 nitrogen and oxygen atoms in total. The van der Waals surface area contributed by atoms with Crippen LogP contribution in [0.2, 0.25) is 0 Å². The summed E-state index contributed by atoms with van der Waals surface area (Å²) in [6.45, 7) is 3.39. The Balaban J connectivity index is 1.54. The number of H-pyrrole nitrogens is 1. The van der Waals surface area contributed by atoms with Crippen LogP contribution in [0.4, 0.5) is 0 Å². The third-order valence-electron chi connectivity index (χ3n) is 6.88. The first-order valence-corrected chi connectivity index (χ1v) is 12.5. The Labute approximate surface area is 219 Å². The fourth-order valence-corrected chi connectivity index (χ4v) is 5.02. The minimum atomic E-state index is -0.330. The van der Waals surface area contributed by atoms with E-state index in [9.17, 15) is 4.79 Å². The molecule has 0 radical (unpaired) electrons. The van der Waals surface area contributed by atoms with Gasteiger partial charge in [-0.1, -0.05) is 0 Å². The van der Waals surface area contributed by atoms with Gasteiger partial charge in [0.2, 0.25) is 5.88 Å². The molecule has 0 aliphatic carbocycles. The molecule has 1 aliphatic rings. The molecular formula is C29H27N5O4. The van der Waals surface area contributed by atoms with Crippen molar-refractivity contribution in [3.8, 4) is 22.8 Å². The van der Waals surface area contributed by atoms with E-state index in [0.29, 0.717) is 30.4 Å². The Hall–Kier alpha value is -4.34. The van der Waals surface area contributed by atoms with E-state index < -0.39 is 0 Å². The second kappa shape index (κ2) is 10.2. The van der Waals surface area contributed by atoms with E-state index in [1.165, 1.54) is 7.11 Å². The Morgan fingerprint density at radius 1 is 1.08 bits per heavy atom. The molecule has 1 aliphatic heterocycles. The molecule has 38 heavy (non-hydrogen) atoms. The topological polar surface area (TPSA) is 111 Å². The fraction of sp³-hybridized carbons (Fsp3) is 0.241. The minimum Gasteiger partial charge on any atom is -0.438 e. The van der Waals surface area contributed by atoms with Crippen molar-refractivity contribution in [2.45, 2.75) is 25.7 Å². The second-order valence-corrected chi connectivity index (χ2v) is 9.37. The number of carbonyl (C=O) groups is 1. The first kappa shape index (κ1) is 24.0. The molecule has 1 saturated heterocycles. The Bertz CT molecular complexity index is 1620. The average molecular weight is 510 g/mol. The number of rotatable bonds is 6. The van der Waals surface area contributed by atoms with Crippen LogP contribution in [0.5, 0.6) is 11.6 Å². The van der Waals surface area contributed by atoms with Gasteiger partial charge in [0.25, 0.3) is 5.91 Å². The third kappa shape index (κ3) is 4.57. The van der Waals surface area contributed by atoms with E-state index in [4.69, 9.17) is 19.3 Å². The van der Waals surface area contributed by atoms with Gasteiger partial charge in [-0.05, 0) is 79.2 Å². The molecule has 0 saturated carbocycles. The largest absolute Gasteiger partial charge is 0.438 e. The maximum absolute atomic E-state index is 12.1. The molecule has 0 unspecified atom stereocenters. The van der Waals surface area contributed by atoms with Crippen LogP contribution in [0.25, 0.3) is 32.8 Å². The normalized spacial score (nSPS) is 14.2. The number of pyridine rings is 2. The van der Waals surface area contributed by atoms with Gasteiger partial charge in [0.05, 0.1) is 24.5 Å². The quantitative estimate of drug-likeness (QED) is 0.292. The predicted molar refractivity (Wildman–Crippen MR) is 143 cm³/mol. The van der Waals surface area contributed by atoms with Crippen LogP contribution >= 0.6 is 0 Å². The lowest BCUT2D eigenvalue weighted by atomic mass is 9.87. The molecule has 1 fully saturated rings. The monoisotopic (exact) mass is 509 g/mol. The van der Waals surface area contributed by atoms with Gasteiger partial charge in [-0.2, -0.15) is 5.10 Å². The average Bonchev–Trinajstić information content (AvgIpc) is 3.40. The van der Waals surface area contributed by atoms with Gasteiger partial charge in [-0.25, -0.2) is 10.5 Å². The molecule has 9 heteroatoms. The zero-order chi connectivity index (χ0) is 26.1. The van der Waals surface area contributed by atoms with Crippen molar-refractivity contribution < 1.29 is 19.1 Å². The van der Waals surface area contributed by atoms with Crippen LogP contribution < -0.4 is 10.2 Å². The molecular weight excluding hydrogens is 482 g/mol. The molecule has 2 aromatic carbocycles. The van der Waals surface area contributed by atoms with Crippen molar-refractivity contribution in [3.63, 3.8) is 0 Å². The van der Waals surface area contributed by atoms with Gasteiger partial charge < -0.3 is 9.47 Å². The minimum absolute atomic E-state index is 0.221. The Morgan fingerprint density at radius 3 is 2.66 bits per heavy atom. The summed E-state index contributed by atoms with van der Waals surface area (Å²) in [6.07, 6.45) is 5.43. The second-order valence-electron chi connectivity index (χ2n) is 9.37. The van der Waals surface area contributed by atoms with Crippen LogP contribution in [0.3, 0.4) is 0 Å². The molecule has 0 spiro atoms. The standard InChI is InChI=1S/C29H27N5O4/c1-17-13-20(7-10-30-17)26-23-14-21-16-31-33-25(21)15-24(23)29(32-27(26)18-8-11-37-12-9-18)38-22-5-3-19(4-6-22)28(35)34-36-2/h3-7,10,13-16,18H,8-9,11-12H2,1-2H3,(H,31,33)(H,34,35). The van der Waals surface area contributed by atoms with Gasteiger partial charge in [0, 0.05) is 52.9 Å². The maximum Gasteiger partial charge on any atom is 0.274 e. The van der Waals surface area contributed by atoms with Gasteiger partial charge in [0.15, 0.2) is 0 Å². The van der Waals surface area contributed by atoms with E-state index in [-0.39, 0.29) is 11.8 Å². The summed E-state index contributed by atoms with van der Waals surface area (Å²) in [7, 11) is 1.40. The lowest BCUT2D eigenvalue weighted by molar-refractivity contribution is 0.0537. The summed E-state index contributed by atoms with van der Waals surface area (Å²) in [4.78, 5) is 26.4. The molecule has 0 atom stereocenters. The number of aromatic amines is 1. The van der Waals surface area contributed by atoms with E-state index in [1.54, 1.807) is 24.3 Å². The molecule has 3 aromatic heterocycles. The SMILES string of the molecule is CONC(=O)c1ccc(Oc2nc(C3CCOCC3)c(-c3ccnc(C)c3)c3cc4cn[nH]c4cc23)cc1. The van der Waals surface area contributed by atoms with Crippen LogP contribution in [0.15, 0.2) is 60.9 Å². The number of fused-ring (bicyclic) bond motifs is 2. The Morgan fingerprint density at radius 2 is 1.89 bits per heavy atom. The number of amides is 1. The highest BCUT2D eigenvalue weighted by Crippen LogP contribution is 2.43. The van der Waals surface area contributed by atoms with Gasteiger partial charge in [-0.15, -0.1) is 0 Å². The summed E-state index contributed by atoms with van der Waals surface area (Å²) in [5.41, 5.74) is 7.76. The van der Waals surface area contributed by atoms with Crippen molar-refractivity contribution >= 4 is 27.6 Å². The Kier molecular flexibility index (Phi) is 6.45. The van der Waals surface area contributed by atoms with Gasteiger partial charge in [-0.3, -0.25) is 19.7 Å². The van der Waals surface area contributed by atoms with E-state index in [1.807, 2.05) is 31.5 Å². The van der Waals surface area contributed by atoms with Gasteiger partial charge >= 0.3 is 0 Å². The highest BCUT2D eigenvalue weighted by atomic mass is 16.6. The number of carbonyl (C=O) groups excluding carboxylic acids is 1. The highest BCUT2D eigenvalue weighted by Gasteiger charge is 2.26. The number of aromatic nitrogens is 4. The highest BCUT2D eigenvalue weighted by molar-refractivity contribution is 6.06. The van der Waals surface area contributed by atoms with E-state index in [2.05, 4.69) is 32.8 Å². The summed E-state index contributed by atoms with van der Waals surface area (Å²) < 4.78 is 12.1. The van der Waals surface area contributed by atoms with E-state index >= 15 is 0 Å². The number of hydrogen-bond donors (Lipinski definition) is 2. The van der Waals surface area contributed by atoms with Crippen LogP contribution in [0.1, 0.15) is 40.5 Å². The van der Waals surface area contributed by atoms with E-state index in [0.717, 1.165) is 57.0 Å². The number of nitrogens with zero attached hydrogens (tertiary/aromatic N) is 3. The maximum atomic E-state index is 12.1. The first-order valence-electron chi connectivity index (χ1n) is 12.5. The van der Waals surface area contributed by atoms with Crippen LogP contribution in [-0.4, -0.2) is 46.4 Å². The van der Waals surface area contributed by atoms with Gasteiger partial charge in [0.1, 0.15) is 5.75 Å². The number of hydrogen-bond acceptors (Lipinski definition) is 7. The lowest BCUT2D eigenvalue weighted by Gasteiger charge is -2.26. The van der Waals surface area contributed by atoms with Crippen LogP contribution in [-0.2, 0) is 9.57 Å². The summed E-state index contributed by atoms with van der Waals surface area (Å²) in [5, 5.41) is 10.2. The van der Waals surface area contributed by atoms with Crippen LogP contribution in [0, 0.1) is 6.92 Å². The summed E-state index contributed by atoms with van der Waals surface area (Å²) in [5.74, 6) is 0.965. The summed E-state index contributed by atoms with van der Waals surface area (Å²) in [6, 6.07) is 15.2. The number of hydroxylamine groups is 1. The molecule has 4 heterocycles. The molecule has 1 amide bonds. The smallest absolute Gasteiger partial charge is 0.274 e. The zero-order valence-corrected chi connectivity index (χ0v) is 21.2. The first-order chi connectivity index (χ1) is 18.6. The van der Waals surface area contributed by atoms with Crippen molar-refractivity contribution in [3.05, 3.63) is 77.9 Å². The number of aryl methyl sites for hydroxylation is 1. The number of ether oxygens (including phenoxy) is 2. The molecule has 5 aromatic rings. The molecule has 6 rings (SSSR count).